The molecule has 0 amide bonds. The predicted molar refractivity (Wildman–Crippen MR) is 77.1 cm³/mol. The van der Waals surface area contributed by atoms with Gasteiger partial charge in [0.25, 0.3) is 0 Å². The fourth-order valence-corrected chi connectivity index (χ4v) is 3.74. The molecule has 1 aromatic carbocycles. The topological polar surface area (TPSA) is 74.7 Å². The van der Waals surface area contributed by atoms with Gasteiger partial charge < -0.3 is 5.11 Å². The molecule has 0 bridgehead atoms. The van der Waals surface area contributed by atoms with Crippen LogP contribution in [0.2, 0.25) is 0 Å². The zero-order valence-corrected chi connectivity index (χ0v) is 12.9. The average molecular weight is 299 g/mol. The molecule has 1 aromatic rings. The maximum atomic E-state index is 12.5. The first kappa shape index (κ1) is 16.7. The summed E-state index contributed by atoms with van der Waals surface area (Å²) in [6, 6.07) is 6.13. The van der Waals surface area contributed by atoms with Gasteiger partial charge in [-0.3, -0.25) is 4.79 Å². The summed E-state index contributed by atoms with van der Waals surface area (Å²) in [7, 11) is -3.65. The molecule has 112 valence electrons. The number of carboxylic acid groups (broad SMARTS) is 1. The third-order valence-electron chi connectivity index (χ3n) is 3.21. The molecule has 1 N–H and O–H groups in total. The lowest BCUT2D eigenvalue weighted by atomic mass is 10.2. The van der Waals surface area contributed by atoms with E-state index in [1.165, 1.54) is 4.31 Å². The van der Waals surface area contributed by atoms with Crippen molar-refractivity contribution in [1.82, 2.24) is 4.31 Å². The molecule has 6 heteroatoms. The van der Waals surface area contributed by atoms with E-state index in [0.29, 0.717) is 0 Å². The number of aryl methyl sites for hydroxylation is 1. The van der Waals surface area contributed by atoms with Crippen molar-refractivity contribution in [2.45, 2.75) is 44.6 Å². The second kappa shape index (κ2) is 6.85. The number of nitrogens with zero attached hydrogens (tertiary/aromatic N) is 1. The van der Waals surface area contributed by atoms with E-state index in [1.54, 1.807) is 38.1 Å². The Morgan fingerprint density at radius 1 is 1.25 bits per heavy atom. The van der Waals surface area contributed by atoms with Gasteiger partial charge >= 0.3 is 5.97 Å². The molecule has 0 spiro atoms. The van der Waals surface area contributed by atoms with E-state index >= 15 is 0 Å². The van der Waals surface area contributed by atoms with Gasteiger partial charge in [-0.1, -0.05) is 26.0 Å². The molecular formula is C14H21NO4S. The summed E-state index contributed by atoms with van der Waals surface area (Å²) in [5, 5.41) is 8.81. The molecule has 0 heterocycles. The fraction of sp³-hybridized carbons (Fsp3) is 0.500. The Morgan fingerprint density at radius 2 is 1.80 bits per heavy atom. The summed E-state index contributed by atoms with van der Waals surface area (Å²) in [5.74, 6) is -1.01. The summed E-state index contributed by atoms with van der Waals surface area (Å²) in [4.78, 5) is 11.0. The van der Waals surface area contributed by atoms with Gasteiger partial charge in [-0.05, 0) is 31.0 Å². The smallest absolute Gasteiger partial charge is 0.304 e. The number of carbonyl (C=O) groups is 1. The van der Waals surface area contributed by atoms with Crippen molar-refractivity contribution in [3.05, 3.63) is 29.8 Å². The van der Waals surface area contributed by atoms with Crippen molar-refractivity contribution in [2.24, 2.45) is 0 Å². The zero-order chi connectivity index (χ0) is 15.3. The van der Waals surface area contributed by atoms with Gasteiger partial charge in [0.15, 0.2) is 0 Å². The van der Waals surface area contributed by atoms with Crippen LogP contribution in [0, 0.1) is 0 Å². The van der Waals surface area contributed by atoms with Gasteiger partial charge in [-0.2, -0.15) is 4.31 Å². The molecule has 0 aliphatic heterocycles. The number of aliphatic carboxylic acids is 1. The second-order valence-corrected chi connectivity index (χ2v) is 6.54. The van der Waals surface area contributed by atoms with Gasteiger partial charge in [0.1, 0.15) is 0 Å². The molecule has 0 radical (unpaired) electrons. The van der Waals surface area contributed by atoms with Crippen LogP contribution in [-0.2, 0) is 21.2 Å². The van der Waals surface area contributed by atoms with Crippen LogP contribution in [0.3, 0.4) is 0 Å². The van der Waals surface area contributed by atoms with Crippen molar-refractivity contribution in [3.63, 3.8) is 0 Å². The SMILES string of the molecule is CCc1ccc(S(=O)(=O)N(CC)C(C)CC(=O)O)cc1. The first-order chi connectivity index (χ1) is 9.32. The number of benzene rings is 1. The van der Waals surface area contributed by atoms with E-state index in [-0.39, 0.29) is 17.9 Å². The average Bonchev–Trinajstić information content (AvgIpc) is 2.38. The van der Waals surface area contributed by atoms with Gasteiger partial charge in [-0.15, -0.1) is 0 Å². The molecule has 0 fully saturated rings. The minimum Gasteiger partial charge on any atom is -0.481 e. The van der Waals surface area contributed by atoms with Gasteiger partial charge in [0.2, 0.25) is 10.0 Å². The highest BCUT2D eigenvalue weighted by Gasteiger charge is 2.28. The van der Waals surface area contributed by atoms with Crippen molar-refractivity contribution < 1.29 is 18.3 Å². The van der Waals surface area contributed by atoms with Gasteiger partial charge in [0.05, 0.1) is 11.3 Å². The van der Waals surface area contributed by atoms with Crippen LogP contribution in [0.5, 0.6) is 0 Å². The Morgan fingerprint density at radius 3 is 2.20 bits per heavy atom. The van der Waals surface area contributed by atoms with Crippen molar-refractivity contribution in [2.75, 3.05) is 6.54 Å². The highest BCUT2D eigenvalue weighted by molar-refractivity contribution is 7.89. The third-order valence-corrected chi connectivity index (χ3v) is 5.31. The summed E-state index contributed by atoms with van der Waals surface area (Å²) >= 11 is 0. The van der Waals surface area contributed by atoms with Crippen LogP contribution in [-0.4, -0.2) is 36.4 Å². The van der Waals surface area contributed by atoms with E-state index < -0.39 is 22.0 Å². The Labute approximate surface area is 120 Å². The van der Waals surface area contributed by atoms with Crippen molar-refractivity contribution >= 4 is 16.0 Å². The van der Waals surface area contributed by atoms with Crippen molar-refractivity contribution in [3.8, 4) is 0 Å². The fourth-order valence-electron chi connectivity index (χ4n) is 2.11. The van der Waals surface area contributed by atoms with Crippen LogP contribution < -0.4 is 0 Å². The molecule has 1 unspecified atom stereocenters. The van der Waals surface area contributed by atoms with Crippen LogP contribution in [0.25, 0.3) is 0 Å². The predicted octanol–water partition coefficient (Wildman–Crippen LogP) is 2.12. The van der Waals surface area contributed by atoms with Crippen LogP contribution in [0.15, 0.2) is 29.2 Å². The molecule has 0 saturated heterocycles. The Bertz CT molecular complexity index is 551. The number of rotatable bonds is 7. The monoisotopic (exact) mass is 299 g/mol. The molecule has 1 atom stereocenters. The summed E-state index contributed by atoms with van der Waals surface area (Å²) in [6.07, 6.45) is 0.632. The van der Waals surface area contributed by atoms with Gasteiger partial charge in [0, 0.05) is 12.6 Å². The Hall–Kier alpha value is -1.40. The maximum absolute atomic E-state index is 12.5. The van der Waals surface area contributed by atoms with E-state index in [0.717, 1.165) is 12.0 Å². The van der Waals surface area contributed by atoms with Crippen molar-refractivity contribution in [1.29, 1.82) is 0 Å². The second-order valence-electron chi connectivity index (χ2n) is 4.65. The number of hydrogen-bond donors (Lipinski definition) is 1. The molecule has 20 heavy (non-hydrogen) atoms. The lowest BCUT2D eigenvalue weighted by molar-refractivity contribution is -0.137. The Balaban J connectivity index is 3.07. The molecule has 0 aliphatic carbocycles. The molecular weight excluding hydrogens is 278 g/mol. The molecule has 0 saturated carbocycles. The van der Waals surface area contributed by atoms with E-state index in [2.05, 4.69) is 0 Å². The summed E-state index contributed by atoms with van der Waals surface area (Å²) in [5.41, 5.74) is 1.06. The van der Waals surface area contributed by atoms with Gasteiger partial charge in [-0.25, -0.2) is 8.42 Å². The number of carboxylic acids is 1. The maximum Gasteiger partial charge on any atom is 0.304 e. The lowest BCUT2D eigenvalue weighted by Gasteiger charge is -2.26. The third kappa shape index (κ3) is 3.80. The number of sulfonamides is 1. The molecule has 1 rings (SSSR count). The first-order valence-corrected chi connectivity index (χ1v) is 8.09. The van der Waals surface area contributed by atoms with E-state index in [4.69, 9.17) is 5.11 Å². The lowest BCUT2D eigenvalue weighted by Crippen LogP contribution is -2.39. The minimum atomic E-state index is -3.65. The van der Waals surface area contributed by atoms with E-state index in [9.17, 15) is 13.2 Å². The first-order valence-electron chi connectivity index (χ1n) is 6.65. The van der Waals surface area contributed by atoms with Crippen LogP contribution >= 0.6 is 0 Å². The van der Waals surface area contributed by atoms with Crippen LogP contribution in [0.4, 0.5) is 0 Å². The van der Waals surface area contributed by atoms with Crippen LogP contribution in [0.1, 0.15) is 32.8 Å². The largest absolute Gasteiger partial charge is 0.481 e. The highest BCUT2D eigenvalue weighted by Crippen LogP contribution is 2.20. The zero-order valence-electron chi connectivity index (χ0n) is 12.0. The summed E-state index contributed by atoms with van der Waals surface area (Å²) in [6.45, 7) is 5.55. The number of hydrogen-bond acceptors (Lipinski definition) is 3. The highest BCUT2D eigenvalue weighted by atomic mass is 32.2. The molecule has 5 nitrogen and oxygen atoms in total. The quantitative estimate of drug-likeness (QED) is 0.837. The minimum absolute atomic E-state index is 0.203. The normalized spacial score (nSPS) is 13.4. The standard InChI is InChI=1S/C14H21NO4S/c1-4-12-6-8-13(9-7-12)20(18,19)15(5-2)11(3)10-14(16)17/h6-9,11H,4-5,10H2,1-3H3,(H,16,17). The molecule has 0 aromatic heterocycles. The van der Waals surface area contributed by atoms with E-state index in [1.807, 2.05) is 6.92 Å². The summed E-state index contributed by atoms with van der Waals surface area (Å²) < 4.78 is 26.3. The molecule has 0 aliphatic rings. The Kier molecular flexibility index (Phi) is 5.71.